The predicted molar refractivity (Wildman–Crippen MR) is 164 cm³/mol. The van der Waals surface area contributed by atoms with Gasteiger partial charge in [0.2, 0.25) is 0 Å². The summed E-state index contributed by atoms with van der Waals surface area (Å²) in [7, 11) is 0. The number of piperazine rings is 2. The number of ketones is 2. The molecule has 0 radical (unpaired) electrons. The predicted octanol–water partition coefficient (Wildman–Crippen LogP) is 5.04. The molecule has 0 spiro atoms. The third-order valence-electron chi connectivity index (χ3n) is 8.54. The molecule has 3 aliphatic rings. The van der Waals surface area contributed by atoms with E-state index in [-0.39, 0.29) is 11.6 Å². The Kier molecular flexibility index (Phi) is 11.2. The van der Waals surface area contributed by atoms with E-state index in [9.17, 15) is 9.59 Å². The molecule has 2 fully saturated rings. The molecule has 2 N–H and O–H groups in total. The van der Waals surface area contributed by atoms with Gasteiger partial charge in [-0.2, -0.15) is 0 Å². The second kappa shape index (κ2) is 15.3. The van der Waals surface area contributed by atoms with E-state index in [2.05, 4.69) is 44.7 Å². The van der Waals surface area contributed by atoms with Crippen LogP contribution in [0.15, 0.2) is 46.2 Å². The van der Waals surface area contributed by atoms with Gasteiger partial charge in [-0.3, -0.25) is 9.59 Å². The topological polar surface area (TPSA) is 64.7 Å². The first kappa shape index (κ1) is 29.5. The molecule has 6 nitrogen and oxygen atoms in total. The van der Waals surface area contributed by atoms with Gasteiger partial charge >= 0.3 is 0 Å². The zero-order valence-electron chi connectivity index (χ0n) is 24.0. The van der Waals surface area contributed by atoms with Crippen molar-refractivity contribution < 1.29 is 9.59 Å². The van der Waals surface area contributed by atoms with E-state index < -0.39 is 0 Å². The van der Waals surface area contributed by atoms with Gasteiger partial charge in [-0.25, -0.2) is 0 Å². The molecule has 3 heterocycles. The molecule has 0 saturated carbocycles. The van der Waals surface area contributed by atoms with Crippen LogP contribution >= 0.6 is 11.8 Å². The summed E-state index contributed by atoms with van der Waals surface area (Å²) in [6.07, 6.45) is 8.51. The molecule has 5 rings (SSSR count). The highest BCUT2D eigenvalue weighted by molar-refractivity contribution is 7.99. The highest BCUT2D eigenvalue weighted by atomic mass is 32.2. The summed E-state index contributed by atoms with van der Waals surface area (Å²) >= 11 is 1.76. The molecule has 2 aromatic carbocycles. The molecule has 2 aromatic rings. The highest BCUT2D eigenvalue weighted by Gasteiger charge is 2.20. The monoisotopic (exact) mass is 562 g/mol. The number of fused-ring (bicyclic) bond motifs is 2. The van der Waals surface area contributed by atoms with Crippen LogP contribution in [-0.4, -0.2) is 86.8 Å². The van der Waals surface area contributed by atoms with Crippen LogP contribution in [0.4, 0.5) is 0 Å². The molecule has 2 saturated heterocycles. The number of hydrogen-bond acceptors (Lipinski definition) is 7. The van der Waals surface area contributed by atoms with Crippen LogP contribution in [0.25, 0.3) is 0 Å². The molecule has 0 unspecified atom stereocenters. The number of carbonyl (C=O) groups excluding carboxylic acids is 2. The standard InChI is InChI=1S/C33H46N4O2S/c38-30(7-3-1-5-17-36-19-13-34-14-20-36)26-9-11-32-28(23-26)25-29-24-27(10-12-33(29)40-32)31(39)8-4-2-6-18-37-21-15-35-16-22-37/h9-12,23-24,34-35H,1-8,13-22,25H2. The first-order chi connectivity index (χ1) is 19.7. The number of rotatable bonds is 14. The molecule has 216 valence electrons. The van der Waals surface area contributed by atoms with Crippen molar-refractivity contribution in [1.29, 1.82) is 0 Å². The summed E-state index contributed by atoms with van der Waals surface area (Å²) < 4.78 is 0. The molecule has 0 aliphatic carbocycles. The lowest BCUT2D eigenvalue weighted by Crippen LogP contribution is -2.43. The van der Waals surface area contributed by atoms with Crippen LogP contribution in [-0.2, 0) is 6.42 Å². The van der Waals surface area contributed by atoms with Gasteiger partial charge in [0.15, 0.2) is 11.6 Å². The fraction of sp³-hybridized carbons (Fsp3) is 0.576. The van der Waals surface area contributed by atoms with Gasteiger partial charge in [0.25, 0.3) is 0 Å². The van der Waals surface area contributed by atoms with Crippen LogP contribution in [0.2, 0.25) is 0 Å². The molecule has 40 heavy (non-hydrogen) atoms. The van der Waals surface area contributed by atoms with Gasteiger partial charge in [0, 0.05) is 86.1 Å². The molecular weight excluding hydrogens is 516 g/mol. The number of hydrogen-bond donors (Lipinski definition) is 2. The number of Topliss-reactive ketones (excluding diaryl/α,β-unsaturated/α-hetero) is 2. The van der Waals surface area contributed by atoms with E-state index in [1.807, 2.05) is 12.1 Å². The summed E-state index contributed by atoms with van der Waals surface area (Å²) in [5, 5.41) is 6.80. The van der Waals surface area contributed by atoms with E-state index in [0.717, 1.165) is 109 Å². The van der Waals surface area contributed by atoms with E-state index in [0.29, 0.717) is 12.8 Å². The van der Waals surface area contributed by atoms with E-state index >= 15 is 0 Å². The van der Waals surface area contributed by atoms with Crippen molar-refractivity contribution in [2.75, 3.05) is 65.4 Å². The summed E-state index contributed by atoms with van der Waals surface area (Å²) in [6.45, 7) is 11.2. The van der Waals surface area contributed by atoms with Gasteiger partial charge in [0.05, 0.1) is 0 Å². The van der Waals surface area contributed by atoms with Crippen LogP contribution in [0.1, 0.15) is 83.2 Å². The van der Waals surface area contributed by atoms with E-state index in [1.165, 1.54) is 33.8 Å². The average Bonchev–Trinajstić information content (AvgIpc) is 3.00. The molecule has 3 aliphatic heterocycles. The van der Waals surface area contributed by atoms with Crippen molar-refractivity contribution in [1.82, 2.24) is 20.4 Å². The Bertz CT molecular complexity index is 1050. The largest absolute Gasteiger partial charge is 0.314 e. The number of unbranched alkanes of at least 4 members (excludes halogenated alkanes) is 4. The zero-order valence-corrected chi connectivity index (χ0v) is 24.8. The molecule has 0 bridgehead atoms. The Balaban J connectivity index is 1.06. The minimum Gasteiger partial charge on any atom is -0.314 e. The lowest BCUT2D eigenvalue weighted by Gasteiger charge is -2.27. The van der Waals surface area contributed by atoms with Gasteiger partial charge in [-0.1, -0.05) is 36.7 Å². The Hall–Kier alpha value is -2.03. The normalized spacial score (nSPS) is 17.8. The first-order valence-electron chi connectivity index (χ1n) is 15.5. The van der Waals surface area contributed by atoms with Crippen LogP contribution in [0.3, 0.4) is 0 Å². The van der Waals surface area contributed by atoms with E-state index in [4.69, 9.17) is 0 Å². The SMILES string of the molecule is O=C(CCCCCN1CCNCC1)c1ccc2c(c1)Cc1cc(C(=O)CCCCCN3CCNCC3)ccc1S2. The quantitative estimate of drug-likeness (QED) is 0.211. The first-order valence-corrected chi connectivity index (χ1v) is 16.3. The highest BCUT2D eigenvalue weighted by Crippen LogP contribution is 2.40. The molecule has 0 atom stereocenters. The third kappa shape index (κ3) is 8.49. The fourth-order valence-electron chi connectivity index (χ4n) is 6.06. The van der Waals surface area contributed by atoms with Gasteiger partial charge in [0.1, 0.15) is 0 Å². The molecule has 7 heteroatoms. The summed E-state index contributed by atoms with van der Waals surface area (Å²) in [4.78, 5) is 33.4. The Labute approximate surface area is 244 Å². The minimum absolute atomic E-state index is 0.252. The third-order valence-corrected chi connectivity index (χ3v) is 9.78. The maximum Gasteiger partial charge on any atom is 0.162 e. The smallest absolute Gasteiger partial charge is 0.162 e. The molecule has 0 amide bonds. The Morgan fingerprint density at radius 3 is 1.52 bits per heavy atom. The minimum atomic E-state index is 0.252. The van der Waals surface area contributed by atoms with Crippen LogP contribution < -0.4 is 10.6 Å². The summed E-state index contributed by atoms with van der Waals surface area (Å²) in [5.41, 5.74) is 4.08. The lowest BCUT2D eigenvalue weighted by atomic mass is 9.96. The number of nitrogens with one attached hydrogen (secondary N) is 2. The number of benzene rings is 2. The maximum atomic E-state index is 12.9. The fourth-order valence-corrected chi connectivity index (χ4v) is 7.09. The second-order valence-electron chi connectivity index (χ2n) is 11.6. The van der Waals surface area contributed by atoms with Crippen molar-refractivity contribution >= 4 is 23.3 Å². The van der Waals surface area contributed by atoms with Crippen LogP contribution in [0.5, 0.6) is 0 Å². The van der Waals surface area contributed by atoms with Crippen molar-refractivity contribution in [2.24, 2.45) is 0 Å². The summed E-state index contributed by atoms with van der Waals surface area (Å²) in [6, 6.07) is 12.4. The van der Waals surface area contributed by atoms with Gasteiger partial charge < -0.3 is 20.4 Å². The average molecular weight is 563 g/mol. The molecule has 0 aromatic heterocycles. The second-order valence-corrected chi connectivity index (χ2v) is 12.7. The van der Waals surface area contributed by atoms with E-state index in [1.54, 1.807) is 11.8 Å². The lowest BCUT2D eigenvalue weighted by molar-refractivity contribution is 0.0970. The van der Waals surface area contributed by atoms with Crippen LogP contribution in [0, 0.1) is 0 Å². The summed E-state index contributed by atoms with van der Waals surface area (Å²) in [5.74, 6) is 0.503. The molecular formula is C33H46N4O2S. The van der Waals surface area contributed by atoms with Gasteiger partial charge in [-0.05, 0) is 80.6 Å². The maximum absolute atomic E-state index is 12.9. The zero-order chi connectivity index (χ0) is 27.6. The number of carbonyl (C=O) groups is 2. The number of nitrogens with zero attached hydrogens (tertiary/aromatic N) is 2. The Morgan fingerprint density at radius 1 is 0.625 bits per heavy atom. The van der Waals surface area contributed by atoms with Crippen molar-refractivity contribution in [3.05, 3.63) is 58.7 Å². The van der Waals surface area contributed by atoms with Crippen molar-refractivity contribution in [3.8, 4) is 0 Å². The van der Waals surface area contributed by atoms with Crippen molar-refractivity contribution in [3.63, 3.8) is 0 Å². The van der Waals surface area contributed by atoms with Crippen molar-refractivity contribution in [2.45, 2.75) is 67.6 Å². The Morgan fingerprint density at radius 2 is 1.07 bits per heavy atom. The van der Waals surface area contributed by atoms with Gasteiger partial charge in [-0.15, -0.1) is 0 Å².